The first-order valence-corrected chi connectivity index (χ1v) is 7.07. The molecule has 0 saturated carbocycles. The van der Waals surface area contributed by atoms with Gasteiger partial charge in [0.1, 0.15) is 5.75 Å². The smallest absolute Gasteiger partial charge is 0.193 e. The molecule has 0 fully saturated rings. The molecule has 0 atom stereocenters. The Morgan fingerprint density at radius 3 is 2.48 bits per heavy atom. The van der Waals surface area contributed by atoms with Crippen molar-refractivity contribution in [2.45, 2.75) is 33.3 Å². The van der Waals surface area contributed by atoms with Crippen molar-refractivity contribution in [3.63, 3.8) is 0 Å². The van der Waals surface area contributed by atoms with Crippen molar-refractivity contribution >= 4 is 23.2 Å². The monoisotopic (exact) mass is 313 g/mol. The van der Waals surface area contributed by atoms with Crippen molar-refractivity contribution in [2.24, 2.45) is 16.1 Å². The van der Waals surface area contributed by atoms with Gasteiger partial charge in [0.05, 0.1) is 24.3 Å². The van der Waals surface area contributed by atoms with Gasteiger partial charge >= 0.3 is 0 Å². The van der Waals surface area contributed by atoms with E-state index in [9.17, 15) is 5.11 Å². The first kappa shape index (κ1) is 17.6. The van der Waals surface area contributed by atoms with Gasteiger partial charge in [-0.3, -0.25) is 4.99 Å². The van der Waals surface area contributed by atoms with Gasteiger partial charge < -0.3 is 20.9 Å². The number of methoxy groups -OCH3 is 1. The van der Waals surface area contributed by atoms with E-state index in [-0.39, 0.29) is 5.96 Å². The maximum Gasteiger partial charge on any atom is 0.193 e. The Morgan fingerprint density at radius 1 is 1.38 bits per heavy atom. The summed E-state index contributed by atoms with van der Waals surface area (Å²) in [5, 5.41) is 13.5. The number of hydrogen-bond acceptors (Lipinski definition) is 3. The molecule has 0 unspecified atom stereocenters. The number of nitrogens with one attached hydrogen (secondary N) is 1. The molecular weight excluding hydrogens is 290 g/mol. The third-order valence-corrected chi connectivity index (χ3v) is 4.02. The summed E-state index contributed by atoms with van der Waals surface area (Å²) >= 11 is 6.04. The first-order chi connectivity index (χ1) is 9.56. The Kier molecular flexibility index (Phi) is 5.48. The molecule has 6 heteroatoms. The highest BCUT2D eigenvalue weighted by molar-refractivity contribution is 6.32. The SMILES string of the molecule is COc1ccc(NC(N)=NCC(C)(C)C(C)(C)O)cc1Cl. The molecule has 0 radical (unpaired) electrons. The van der Waals surface area contributed by atoms with Crippen LogP contribution in [0.3, 0.4) is 0 Å². The van der Waals surface area contributed by atoms with Crippen LogP contribution in [-0.2, 0) is 0 Å². The van der Waals surface area contributed by atoms with Crippen LogP contribution in [-0.4, -0.2) is 30.3 Å². The number of ether oxygens (including phenoxy) is 1. The predicted molar refractivity (Wildman–Crippen MR) is 88.2 cm³/mol. The van der Waals surface area contributed by atoms with Gasteiger partial charge in [0.15, 0.2) is 5.96 Å². The molecule has 0 amide bonds. The Morgan fingerprint density at radius 2 is 2.00 bits per heavy atom. The van der Waals surface area contributed by atoms with Crippen LogP contribution < -0.4 is 15.8 Å². The molecule has 0 aliphatic carbocycles. The second-order valence-corrected chi connectivity index (χ2v) is 6.53. The molecule has 21 heavy (non-hydrogen) atoms. The fourth-order valence-corrected chi connectivity index (χ4v) is 1.67. The van der Waals surface area contributed by atoms with Gasteiger partial charge in [-0.15, -0.1) is 0 Å². The Balaban J connectivity index is 2.75. The van der Waals surface area contributed by atoms with E-state index in [1.165, 1.54) is 0 Å². The van der Waals surface area contributed by atoms with Crippen LogP contribution in [0, 0.1) is 5.41 Å². The predicted octanol–water partition coefficient (Wildman–Crippen LogP) is 2.87. The van der Waals surface area contributed by atoms with Crippen molar-refractivity contribution in [2.75, 3.05) is 19.0 Å². The molecule has 1 aromatic rings. The average Bonchev–Trinajstić information content (AvgIpc) is 2.35. The fourth-order valence-electron chi connectivity index (χ4n) is 1.41. The molecule has 4 N–H and O–H groups in total. The van der Waals surface area contributed by atoms with Crippen molar-refractivity contribution in [3.05, 3.63) is 23.2 Å². The van der Waals surface area contributed by atoms with Gasteiger partial charge in [0, 0.05) is 11.1 Å². The van der Waals surface area contributed by atoms with E-state index in [1.807, 2.05) is 13.8 Å². The number of nitrogens with zero attached hydrogens (tertiary/aromatic N) is 1. The standard InChI is InChI=1S/C15H24ClN3O2/c1-14(2,15(3,4)20)9-18-13(17)19-10-6-7-12(21-5)11(16)8-10/h6-8,20H,9H2,1-5H3,(H3,17,18,19). The minimum atomic E-state index is -0.847. The summed E-state index contributed by atoms with van der Waals surface area (Å²) in [6, 6.07) is 5.26. The fraction of sp³-hybridized carbons (Fsp3) is 0.533. The Labute approximate surface area is 131 Å². The summed E-state index contributed by atoms with van der Waals surface area (Å²) < 4.78 is 5.09. The van der Waals surface area contributed by atoms with Gasteiger partial charge in [0.2, 0.25) is 0 Å². The minimum absolute atomic E-state index is 0.272. The quantitative estimate of drug-likeness (QED) is 0.577. The molecule has 0 saturated heterocycles. The minimum Gasteiger partial charge on any atom is -0.495 e. The third-order valence-electron chi connectivity index (χ3n) is 3.73. The van der Waals surface area contributed by atoms with Crippen LogP contribution in [0.4, 0.5) is 5.69 Å². The molecule has 0 aliphatic rings. The normalized spacial score (nSPS) is 13.2. The molecule has 0 heterocycles. The van der Waals surface area contributed by atoms with Crippen molar-refractivity contribution < 1.29 is 9.84 Å². The number of aliphatic imine (C=N–C) groups is 1. The number of aliphatic hydroxyl groups is 1. The summed E-state index contributed by atoms with van der Waals surface area (Å²) in [7, 11) is 1.56. The van der Waals surface area contributed by atoms with Crippen LogP contribution in [0.25, 0.3) is 0 Å². The lowest BCUT2D eigenvalue weighted by Gasteiger charge is -2.35. The number of benzene rings is 1. The number of hydrogen-bond donors (Lipinski definition) is 3. The molecular formula is C15H24ClN3O2. The van der Waals surface area contributed by atoms with E-state index < -0.39 is 11.0 Å². The van der Waals surface area contributed by atoms with E-state index in [2.05, 4.69) is 10.3 Å². The molecule has 1 aromatic carbocycles. The number of rotatable bonds is 5. The lowest BCUT2D eigenvalue weighted by molar-refractivity contribution is -0.0289. The number of halogens is 1. The largest absolute Gasteiger partial charge is 0.495 e. The lowest BCUT2D eigenvalue weighted by atomic mass is 9.77. The van der Waals surface area contributed by atoms with Crippen molar-refractivity contribution in [1.82, 2.24) is 0 Å². The van der Waals surface area contributed by atoms with Crippen molar-refractivity contribution in [1.29, 1.82) is 0 Å². The van der Waals surface area contributed by atoms with Gasteiger partial charge in [-0.25, -0.2) is 0 Å². The number of anilines is 1. The topological polar surface area (TPSA) is 79.9 Å². The number of guanidine groups is 1. The molecule has 0 aromatic heterocycles. The molecule has 5 nitrogen and oxygen atoms in total. The second-order valence-electron chi connectivity index (χ2n) is 6.12. The van der Waals surface area contributed by atoms with Gasteiger partial charge in [-0.1, -0.05) is 25.4 Å². The van der Waals surface area contributed by atoms with Crippen LogP contribution in [0.2, 0.25) is 5.02 Å². The van der Waals surface area contributed by atoms with E-state index in [1.54, 1.807) is 39.2 Å². The van der Waals surface area contributed by atoms with E-state index in [0.29, 0.717) is 17.3 Å². The van der Waals surface area contributed by atoms with Crippen molar-refractivity contribution in [3.8, 4) is 5.75 Å². The van der Waals surface area contributed by atoms with Gasteiger partial charge in [0.25, 0.3) is 0 Å². The molecule has 118 valence electrons. The van der Waals surface area contributed by atoms with Crippen LogP contribution >= 0.6 is 11.6 Å². The molecule has 0 spiro atoms. The highest BCUT2D eigenvalue weighted by atomic mass is 35.5. The average molecular weight is 314 g/mol. The van der Waals surface area contributed by atoms with E-state index >= 15 is 0 Å². The van der Waals surface area contributed by atoms with Crippen LogP contribution in [0.15, 0.2) is 23.2 Å². The highest BCUT2D eigenvalue weighted by Crippen LogP contribution is 2.30. The van der Waals surface area contributed by atoms with Gasteiger partial charge in [-0.2, -0.15) is 0 Å². The summed E-state index contributed by atoms with van der Waals surface area (Å²) in [6.45, 7) is 7.80. The number of nitrogens with two attached hydrogens (primary N) is 1. The third kappa shape index (κ3) is 4.79. The molecule has 0 aliphatic heterocycles. The lowest BCUT2D eigenvalue weighted by Crippen LogP contribution is -2.41. The van der Waals surface area contributed by atoms with Gasteiger partial charge in [-0.05, 0) is 32.0 Å². The van der Waals surface area contributed by atoms with Crippen LogP contribution in [0.5, 0.6) is 5.75 Å². The second kappa shape index (κ2) is 6.54. The maximum atomic E-state index is 10.1. The first-order valence-electron chi connectivity index (χ1n) is 6.70. The summed E-state index contributed by atoms with van der Waals surface area (Å²) in [5.41, 5.74) is 5.35. The summed E-state index contributed by atoms with van der Waals surface area (Å²) in [5.74, 6) is 0.870. The van der Waals surface area contributed by atoms with Crippen LogP contribution in [0.1, 0.15) is 27.7 Å². The maximum absolute atomic E-state index is 10.1. The zero-order valence-electron chi connectivity index (χ0n) is 13.2. The Hall–Kier alpha value is -1.46. The summed E-state index contributed by atoms with van der Waals surface area (Å²) in [6.07, 6.45) is 0. The summed E-state index contributed by atoms with van der Waals surface area (Å²) in [4.78, 5) is 4.28. The zero-order valence-corrected chi connectivity index (χ0v) is 14.0. The van der Waals surface area contributed by atoms with E-state index in [4.69, 9.17) is 22.1 Å². The zero-order chi connectivity index (χ0) is 16.3. The molecule has 0 bridgehead atoms. The van der Waals surface area contributed by atoms with E-state index in [0.717, 1.165) is 5.69 Å². The highest BCUT2D eigenvalue weighted by Gasteiger charge is 2.34. The Bertz CT molecular complexity index is 522. The molecule has 1 rings (SSSR count).